The first-order valence-electron chi connectivity index (χ1n) is 11.6. The molecule has 202 valence electrons. The lowest BCUT2D eigenvalue weighted by molar-refractivity contribution is -0.123. The van der Waals surface area contributed by atoms with E-state index >= 15 is 0 Å². The van der Waals surface area contributed by atoms with E-state index in [1.165, 1.54) is 48.7 Å². The van der Waals surface area contributed by atoms with Gasteiger partial charge in [0.05, 0.1) is 17.3 Å². The summed E-state index contributed by atoms with van der Waals surface area (Å²) in [4.78, 5) is 37.5. The summed E-state index contributed by atoms with van der Waals surface area (Å²) in [5.74, 6) is -1.26. The molecule has 0 aromatic heterocycles. The highest BCUT2D eigenvalue weighted by molar-refractivity contribution is 6.31. The SMILES string of the molecule is O=C(COc1ccc(Cl)cc1)N/N=C/c1ccc(OC(=O)c2ccc(Cl)cc2)cc1OC(=O)c1ccc(Cl)cc1. The van der Waals surface area contributed by atoms with Crippen LogP contribution in [0.2, 0.25) is 15.1 Å². The maximum atomic E-state index is 12.8. The number of amides is 1. The first kappa shape index (κ1) is 28.6. The largest absolute Gasteiger partial charge is 0.484 e. The van der Waals surface area contributed by atoms with Crippen molar-refractivity contribution in [2.45, 2.75) is 0 Å². The molecule has 0 bridgehead atoms. The van der Waals surface area contributed by atoms with Gasteiger partial charge in [0.2, 0.25) is 0 Å². The standard InChI is InChI=1S/C29H19Cl3N2O6/c30-21-6-1-18(2-7-21)28(36)39-25-12-5-20(26(15-25)40-29(37)19-3-8-22(31)9-4-19)16-33-34-27(35)17-38-24-13-10-23(32)11-14-24/h1-16H,17H2,(H,34,35)/b33-16+. The second-order valence-electron chi connectivity index (χ2n) is 8.03. The smallest absolute Gasteiger partial charge is 0.343 e. The molecule has 0 saturated carbocycles. The molecule has 0 aliphatic rings. The Bertz CT molecular complexity index is 1540. The second-order valence-corrected chi connectivity index (χ2v) is 9.34. The molecule has 0 unspecified atom stereocenters. The zero-order valence-electron chi connectivity index (χ0n) is 20.5. The number of esters is 2. The molecular weight excluding hydrogens is 579 g/mol. The summed E-state index contributed by atoms with van der Waals surface area (Å²) in [6.45, 7) is -0.295. The van der Waals surface area contributed by atoms with Crippen molar-refractivity contribution in [3.63, 3.8) is 0 Å². The van der Waals surface area contributed by atoms with Crippen LogP contribution in [0.3, 0.4) is 0 Å². The molecule has 11 heteroatoms. The molecule has 0 saturated heterocycles. The molecule has 4 aromatic carbocycles. The van der Waals surface area contributed by atoms with E-state index in [0.717, 1.165) is 0 Å². The summed E-state index contributed by atoms with van der Waals surface area (Å²) in [6, 6.07) is 23.1. The van der Waals surface area contributed by atoms with Crippen molar-refractivity contribution in [1.29, 1.82) is 0 Å². The Morgan fingerprint density at radius 3 is 1.75 bits per heavy atom. The topological polar surface area (TPSA) is 103 Å². The molecule has 0 aliphatic carbocycles. The molecule has 0 fully saturated rings. The first-order valence-corrected chi connectivity index (χ1v) is 12.7. The molecule has 40 heavy (non-hydrogen) atoms. The maximum Gasteiger partial charge on any atom is 0.343 e. The van der Waals surface area contributed by atoms with E-state index < -0.39 is 17.8 Å². The minimum Gasteiger partial charge on any atom is -0.484 e. The maximum absolute atomic E-state index is 12.8. The molecular formula is C29H19Cl3N2O6. The number of benzene rings is 4. The summed E-state index contributed by atoms with van der Waals surface area (Å²) in [7, 11) is 0. The Labute approximate surface area is 244 Å². The predicted molar refractivity (Wildman–Crippen MR) is 152 cm³/mol. The number of ether oxygens (including phenoxy) is 3. The first-order chi connectivity index (χ1) is 19.3. The molecule has 8 nitrogen and oxygen atoms in total. The fourth-order valence-corrected chi connectivity index (χ4v) is 3.53. The van der Waals surface area contributed by atoms with Crippen molar-refractivity contribution in [2.75, 3.05) is 6.61 Å². The van der Waals surface area contributed by atoms with E-state index in [9.17, 15) is 14.4 Å². The van der Waals surface area contributed by atoms with Crippen molar-refractivity contribution in [3.05, 3.63) is 123 Å². The van der Waals surface area contributed by atoms with Gasteiger partial charge in [0.15, 0.2) is 6.61 Å². The zero-order valence-corrected chi connectivity index (χ0v) is 22.7. The van der Waals surface area contributed by atoms with Gasteiger partial charge in [-0.1, -0.05) is 34.8 Å². The number of hydrogen-bond donors (Lipinski definition) is 1. The molecule has 4 rings (SSSR count). The summed E-state index contributed by atoms with van der Waals surface area (Å²) in [6.07, 6.45) is 1.27. The molecule has 1 N–H and O–H groups in total. The van der Waals surface area contributed by atoms with Crippen LogP contribution >= 0.6 is 34.8 Å². The number of carbonyl (C=O) groups is 3. The molecule has 0 radical (unpaired) electrons. The van der Waals surface area contributed by atoms with Crippen LogP contribution in [0.1, 0.15) is 26.3 Å². The van der Waals surface area contributed by atoms with Gasteiger partial charge >= 0.3 is 11.9 Å². The fourth-order valence-electron chi connectivity index (χ4n) is 3.16. The lowest BCUT2D eigenvalue weighted by Crippen LogP contribution is -2.24. The van der Waals surface area contributed by atoms with Gasteiger partial charge < -0.3 is 14.2 Å². The van der Waals surface area contributed by atoms with Crippen molar-refractivity contribution in [2.24, 2.45) is 5.10 Å². The van der Waals surface area contributed by atoms with Crippen LogP contribution in [0.15, 0.2) is 96.1 Å². The minimum atomic E-state index is -0.687. The molecule has 1 amide bonds. The number of rotatable bonds is 9. The van der Waals surface area contributed by atoms with Gasteiger partial charge in [-0.25, -0.2) is 15.0 Å². The number of hydrogen-bond acceptors (Lipinski definition) is 7. The minimum absolute atomic E-state index is 0.0248. The van der Waals surface area contributed by atoms with Crippen LogP contribution in [0.4, 0.5) is 0 Å². The van der Waals surface area contributed by atoms with Gasteiger partial charge in [-0.3, -0.25) is 4.79 Å². The molecule has 0 aliphatic heterocycles. The average molecular weight is 598 g/mol. The van der Waals surface area contributed by atoms with Crippen LogP contribution < -0.4 is 19.6 Å². The molecule has 4 aromatic rings. The molecule has 0 atom stereocenters. The van der Waals surface area contributed by atoms with E-state index in [4.69, 9.17) is 49.0 Å². The van der Waals surface area contributed by atoms with Crippen LogP contribution in [0.5, 0.6) is 17.2 Å². The lowest BCUT2D eigenvalue weighted by atomic mass is 10.2. The second kappa shape index (κ2) is 13.6. The van der Waals surface area contributed by atoms with Crippen molar-refractivity contribution >= 4 is 58.9 Å². The monoisotopic (exact) mass is 596 g/mol. The number of nitrogens with zero attached hydrogens (tertiary/aromatic N) is 1. The fraction of sp³-hybridized carbons (Fsp3) is 0.0345. The van der Waals surface area contributed by atoms with Gasteiger partial charge in [-0.15, -0.1) is 0 Å². The number of hydrazone groups is 1. The number of nitrogens with one attached hydrogen (secondary N) is 1. The zero-order chi connectivity index (χ0) is 28.5. The van der Waals surface area contributed by atoms with E-state index in [2.05, 4.69) is 10.5 Å². The van der Waals surface area contributed by atoms with Crippen LogP contribution in [0.25, 0.3) is 0 Å². The Hall–Kier alpha value is -4.37. The van der Waals surface area contributed by atoms with Gasteiger partial charge in [0.1, 0.15) is 17.2 Å². The van der Waals surface area contributed by atoms with Crippen LogP contribution in [0, 0.1) is 0 Å². The van der Waals surface area contributed by atoms with Gasteiger partial charge in [-0.2, -0.15) is 5.10 Å². The highest BCUT2D eigenvalue weighted by atomic mass is 35.5. The van der Waals surface area contributed by atoms with E-state index in [1.807, 2.05) is 0 Å². The van der Waals surface area contributed by atoms with E-state index in [-0.39, 0.29) is 29.2 Å². The molecule has 0 heterocycles. The van der Waals surface area contributed by atoms with E-state index in [1.54, 1.807) is 48.5 Å². The summed E-state index contributed by atoms with van der Waals surface area (Å²) < 4.78 is 16.4. The van der Waals surface area contributed by atoms with Crippen molar-refractivity contribution in [1.82, 2.24) is 5.43 Å². The van der Waals surface area contributed by atoms with Crippen molar-refractivity contribution in [3.8, 4) is 17.2 Å². The summed E-state index contributed by atoms with van der Waals surface area (Å²) >= 11 is 17.6. The summed E-state index contributed by atoms with van der Waals surface area (Å²) in [5.41, 5.74) is 3.16. The van der Waals surface area contributed by atoms with Gasteiger partial charge in [-0.05, 0) is 84.9 Å². The summed E-state index contributed by atoms with van der Waals surface area (Å²) in [5, 5.41) is 5.38. The third-order valence-corrected chi connectivity index (χ3v) is 5.89. The van der Waals surface area contributed by atoms with E-state index in [0.29, 0.717) is 26.4 Å². The molecule has 0 spiro atoms. The highest BCUT2D eigenvalue weighted by Crippen LogP contribution is 2.26. The average Bonchev–Trinajstić information content (AvgIpc) is 2.94. The van der Waals surface area contributed by atoms with Gasteiger partial charge in [0, 0.05) is 26.7 Å². The van der Waals surface area contributed by atoms with Crippen LogP contribution in [-0.2, 0) is 4.79 Å². The number of carbonyl (C=O) groups excluding carboxylic acids is 3. The Morgan fingerprint density at radius 2 is 1.18 bits per heavy atom. The van der Waals surface area contributed by atoms with Crippen molar-refractivity contribution < 1.29 is 28.6 Å². The predicted octanol–water partition coefficient (Wildman–Crippen LogP) is 6.61. The lowest BCUT2D eigenvalue weighted by Gasteiger charge is -2.11. The highest BCUT2D eigenvalue weighted by Gasteiger charge is 2.15. The Balaban J connectivity index is 1.48. The quantitative estimate of drug-likeness (QED) is 0.101. The number of halogens is 3. The normalized spacial score (nSPS) is 10.7. The Kier molecular flexibility index (Phi) is 9.75. The van der Waals surface area contributed by atoms with Gasteiger partial charge in [0.25, 0.3) is 5.91 Å². The Morgan fingerprint density at radius 1 is 0.675 bits per heavy atom. The third-order valence-electron chi connectivity index (χ3n) is 5.13. The van der Waals surface area contributed by atoms with Crippen LogP contribution in [-0.4, -0.2) is 30.7 Å². The third kappa shape index (κ3) is 8.31.